The monoisotopic (exact) mass is 221 g/mol. The van der Waals surface area contributed by atoms with Gasteiger partial charge in [-0.15, -0.1) is 0 Å². The summed E-state index contributed by atoms with van der Waals surface area (Å²) in [6, 6.07) is 5.23. The molecule has 0 fully saturated rings. The van der Waals surface area contributed by atoms with Crippen LogP contribution in [0.3, 0.4) is 0 Å². The van der Waals surface area contributed by atoms with Crippen molar-refractivity contribution < 1.29 is 14.0 Å². The highest BCUT2D eigenvalue weighted by Gasteiger charge is 2.03. The number of rotatable bonds is 3. The second-order valence-electron chi connectivity index (χ2n) is 3.38. The minimum Gasteiger partial charge on any atom is -0.330 e. The molecular formula is C12H12FNO2. The van der Waals surface area contributed by atoms with Crippen molar-refractivity contribution in [2.24, 2.45) is 0 Å². The third-order valence-electron chi connectivity index (χ3n) is 1.85. The van der Waals surface area contributed by atoms with E-state index in [-0.39, 0.29) is 17.5 Å². The first-order chi connectivity index (χ1) is 7.49. The Bertz CT molecular complexity index is 435. The van der Waals surface area contributed by atoms with Gasteiger partial charge in [0.15, 0.2) is 5.78 Å². The first kappa shape index (κ1) is 12.1. The molecule has 84 valence electrons. The Labute approximate surface area is 93.0 Å². The molecule has 0 aliphatic carbocycles. The van der Waals surface area contributed by atoms with Crippen LogP contribution in [0.4, 0.5) is 4.39 Å². The Morgan fingerprint density at radius 2 is 1.75 bits per heavy atom. The molecule has 1 rings (SSSR count). The van der Waals surface area contributed by atoms with Crippen LogP contribution in [0.2, 0.25) is 0 Å². The number of ketones is 1. The zero-order chi connectivity index (χ0) is 12.1. The molecule has 0 atom stereocenters. The van der Waals surface area contributed by atoms with Crippen LogP contribution < -0.4 is 5.32 Å². The second-order valence-corrected chi connectivity index (χ2v) is 3.38. The Kier molecular flexibility index (Phi) is 3.94. The highest BCUT2D eigenvalue weighted by molar-refractivity contribution is 6.05. The first-order valence-electron chi connectivity index (χ1n) is 4.75. The Hall–Kier alpha value is -1.97. The number of nitrogens with one attached hydrogen (secondary N) is 1. The molecule has 0 saturated carbocycles. The van der Waals surface area contributed by atoms with E-state index in [2.05, 4.69) is 5.32 Å². The largest absolute Gasteiger partial charge is 0.330 e. The normalized spacial score (nSPS) is 11.1. The summed E-state index contributed by atoms with van der Waals surface area (Å²) in [7, 11) is 0. The van der Waals surface area contributed by atoms with Crippen LogP contribution in [0.15, 0.2) is 36.0 Å². The summed E-state index contributed by atoms with van der Waals surface area (Å²) in [6.45, 7) is 2.97. The van der Waals surface area contributed by atoms with E-state index in [9.17, 15) is 14.0 Å². The summed E-state index contributed by atoms with van der Waals surface area (Å²) in [5.74, 6) is -0.897. The van der Waals surface area contributed by atoms with Crippen LogP contribution in [-0.2, 0) is 4.79 Å². The molecule has 0 spiro atoms. The SMILES string of the molecule is CC(=O)N/C(C)=C/C(=O)c1ccc(F)cc1. The molecule has 0 aliphatic rings. The predicted octanol–water partition coefficient (Wildman–Crippen LogP) is 2.05. The van der Waals surface area contributed by atoms with Crippen molar-refractivity contribution >= 4 is 11.7 Å². The van der Waals surface area contributed by atoms with E-state index >= 15 is 0 Å². The molecule has 0 aliphatic heterocycles. The molecule has 1 amide bonds. The maximum atomic E-state index is 12.6. The molecule has 0 heterocycles. The highest BCUT2D eigenvalue weighted by Crippen LogP contribution is 2.05. The molecule has 4 heteroatoms. The van der Waals surface area contributed by atoms with Crippen LogP contribution in [-0.4, -0.2) is 11.7 Å². The van der Waals surface area contributed by atoms with Crippen molar-refractivity contribution in [3.63, 3.8) is 0 Å². The van der Waals surface area contributed by atoms with E-state index in [4.69, 9.17) is 0 Å². The third-order valence-corrected chi connectivity index (χ3v) is 1.85. The van der Waals surface area contributed by atoms with Gasteiger partial charge in [-0.1, -0.05) is 0 Å². The molecule has 0 bridgehead atoms. The van der Waals surface area contributed by atoms with Crippen LogP contribution >= 0.6 is 0 Å². The Morgan fingerprint density at radius 1 is 1.19 bits per heavy atom. The van der Waals surface area contributed by atoms with E-state index in [1.165, 1.54) is 37.3 Å². The van der Waals surface area contributed by atoms with E-state index in [1.54, 1.807) is 6.92 Å². The molecule has 0 saturated heterocycles. The number of allylic oxidation sites excluding steroid dienone is 2. The highest BCUT2D eigenvalue weighted by atomic mass is 19.1. The van der Waals surface area contributed by atoms with Gasteiger partial charge in [-0.2, -0.15) is 0 Å². The van der Waals surface area contributed by atoms with Crippen molar-refractivity contribution in [1.82, 2.24) is 5.32 Å². The van der Waals surface area contributed by atoms with Crippen molar-refractivity contribution in [1.29, 1.82) is 0 Å². The maximum absolute atomic E-state index is 12.6. The van der Waals surface area contributed by atoms with Gasteiger partial charge in [0.2, 0.25) is 5.91 Å². The Balaban J connectivity index is 2.79. The van der Waals surface area contributed by atoms with Gasteiger partial charge in [-0.25, -0.2) is 4.39 Å². The maximum Gasteiger partial charge on any atom is 0.220 e. The van der Waals surface area contributed by atoms with Crippen molar-refractivity contribution in [2.75, 3.05) is 0 Å². The number of hydrogen-bond donors (Lipinski definition) is 1. The van der Waals surface area contributed by atoms with Crippen LogP contribution in [0.25, 0.3) is 0 Å². The van der Waals surface area contributed by atoms with Gasteiger partial charge in [0.1, 0.15) is 5.82 Å². The first-order valence-corrected chi connectivity index (χ1v) is 4.75. The van der Waals surface area contributed by atoms with Gasteiger partial charge < -0.3 is 5.32 Å². The number of amides is 1. The average Bonchev–Trinajstić information content (AvgIpc) is 2.16. The van der Waals surface area contributed by atoms with E-state index in [0.717, 1.165) is 0 Å². The zero-order valence-electron chi connectivity index (χ0n) is 9.08. The summed E-state index contributed by atoms with van der Waals surface area (Å²) < 4.78 is 12.6. The summed E-state index contributed by atoms with van der Waals surface area (Å²) in [5.41, 5.74) is 0.841. The topological polar surface area (TPSA) is 46.2 Å². The minimum atomic E-state index is -0.390. The summed E-state index contributed by atoms with van der Waals surface area (Å²) in [5, 5.41) is 2.48. The molecule has 0 radical (unpaired) electrons. The molecule has 0 unspecified atom stereocenters. The van der Waals surface area contributed by atoms with Crippen LogP contribution in [0.5, 0.6) is 0 Å². The van der Waals surface area contributed by atoms with Gasteiger partial charge in [-0.3, -0.25) is 9.59 Å². The quantitative estimate of drug-likeness (QED) is 0.627. The lowest BCUT2D eigenvalue weighted by Crippen LogP contribution is -2.18. The average molecular weight is 221 g/mol. The summed E-state index contributed by atoms with van der Waals surface area (Å²) in [4.78, 5) is 22.3. The number of hydrogen-bond acceptors (Lipinski definition) is 2. The fourth-order valence-corrected chi connectivity index (χ4v) is 1.21. The number of carbonyl (C=O) groups excluding carboxylic acids is 2. The zero-order valence-corrected chi connectivity index (χ0v) is 9.08. The van der Waals surface area contributed by atoms with Crippen molar-refractivity contribution in [3.05, 3.63) is 47.4 Å². The standard InChI is InChI=1S/C12H12FNO2/c1-8(14-9(2)15)7-12(16)10-3-5-11(13)6-4-10/h3-7H,1-2H3,(H,14,15)/b8-7+. The minimum absolute atomic E-state index is 0.236. The number of carbonyl (C=O) groups is 2. The molecule has 16 heavy (non-hydrogen) atoms. The molecule has 1 N–H and O–H groups in total. The molecule has 0 aromatic heterocycles. The van der Waals surface area contributed by atoms with E-state index in [0.29, 0.717) is 11.3 Å². The lowest BCUT2D eigenvalue weighted by atomic mass is 10.1. The fraction of sp³-hybridized carbons (Fsp3) is 0.167. The number of halogens is 1. The van der Waals surface area contributed by atoms with Crippen molar-refractivity contribution in [3.8, 4) is 0 Å². The molecular weight excluding hydrogens is 209 g/mol. The van der Waals surface area contributed by atoms with Gasteiger partial charge in [0.25, 0.3) is 0 Å². The van der Waals surface area contributed by atoms with Crippen LogP contribution in [0.1, 0.15) is 24.2 Å². The van der Waals surface area contributed by atoms with Gasteiger partial charge >= 0.3 is 0 Å². The predicted molar refractivity (Wildman–Crippen MR) is 58.3 cm³/mol. The van der Waals surface area contributed by atoms with Gasteiger partial charge in [-0.05, 0) is 31.2 Å². The van der Waals surface area contributed by atoms with Gasteiger partial charge in [0, 0.05) is 24.3 Å². The number of benzene rings is 1. The van der Waals surface area contributed by atoms with Crippen LogP contribution in [0, 0.1) is 5.82 Å². The van der Waals surface area contributed by atoms with E-state index in [1.807, 2.05) is 0 Å². The summed E-state index contributed by atoms with van der Waals surface area (Å²) in [6.07, 6.45) is 1.30. The molecule has 1 aromatic carbocycles. The van der Waals surface area contributed by atoms with E-state index < -0.39 is 0 Å². The van der Waals surface area contributed by atoms with Gasteiger partial charge in [0.05, 0.1) is 0 Å². The second kappa shape index (κ2) is 5.21. The third kappa shape index (κ3) is 3.65. The fourth-order valence-electron chi connectivity index (χ4n) is 1.21. The Morgan fingerprint density at radius 3 is 2.25 bits per heavy atom. The molecule has 1 aromatic rings. The molecule has 3 nitrogen and oxygen atoms in total. The smallest absolute Gasteiger partial charge is 0.220 e. The lowest BCUT2D eigenvalue weighted by Gasteiger charge is -2.01. The summed E-state index contributed by atoms with van der Waals surface area (Å²) >= 11 is 0. The van der Waals surface area contributed by atoms with Crippen molar-refractivity contribution in [2.45, 2.75) is 13.8 Å². The lowest BCUT2D eigenvalue weighted by molar-refractivity contribution is -0.118.